The van der Waals surface area contributed by atoms with Crippen molar-refractivity contribution < 1.29 is 14.5 Å². The van der Waals surface area contributed by atoms with Gasteiger partial charge in [-0.25, -0.2) is 0 Å². The molecule has 0 atom stereocenters. The summed E-state index contributed by atoms with van der Waals surface area (Å²) in [7, 11) is 0. The highest BCUT2D eigenvalue weighted by Gasteiger charge is 2.18. The van der Waals surface area contributed by atoms with Gasteiger partial charge in [0.05, 0.1) is 10.5 Å². The van der Waals surface area contributed by atoms with Gasteiger partial charge in [0, 0.05) is 19.0 Å². The number of nitro benzene ring substituents is 1. The SMILES string of the molecule is NC(=O)CCCNC(=O)c1cccc([N+](=O)[O-])c1N. The van der Waals surface area contributed by atoms with E-state index in [0.717, 1.165) is 0 Å². The largest absolute Gasteiger partial charge is 0.393 e. The molecular weight excluding hydrogens is 252 g/mol. The molecular formula is C11H14N4O4. The Morgan fingerprint density at radius 1 is 1.37 bits per heavy atom. The number of nitrogens with one attached hydrogen (secondary N) is 1. The van der Waals surface area contributed by atoms with Crippen LogP contribution < -0.4 is 16.8 Å². The molecule has 19 heavy (non-hydrogen) atoms. The van der Waals surface area contributed by atoms with E-state index < -0.39 is 16.7 Å². The average molecular weight is 266 g/mol. The van der Waals surface area contributed by atoms with Gasteiger partial charge in [-0.05, 0) is 12.5 Å². The first-order valence-electron chi connectivity index (χ1n) is 5.53. The molecule has 0 aliphatic rings. The molecule has 1 aromatic carbocycles. The number of hydrogen-bond acceptors (Lipinski definition) is 5. The van der Waals surface area contributed by atoms with Gasteiger partial charge >= 0.3 is 0 Å². The fourth-order valence-electron chi connectivity index (χ4n) is 1.47. The number of carbonyl (C=O) groups excluding carboxylic acids is 2. The minimum absolute atomic E-state index is 0.0354. The van der Waals surface area contributed by atoms with Crippen molar-refractivity contribution in [2.45, 2.75) is 12.8 Å². The van der Waals surface area contributed by atoms with Crippen LogP contribution in [0.15, 0.2) is 18.2 Å². The first-order valence-corrected chi connectivity index (χ1v) is 5.53. The summed E-state index contributed by atoms with van der Waals surface area (Å²) in [6.45, 7) is 0.240. The molecule has 0 fully saturated rings. The fourth-order valence-corrected chi connectivity index (χ4v) is 1.47. The Morgan fingerprint density at radius 2 is 2.05 bits per heavy atom. The number of amides is 2. The topological polar surface area (TPSA) is 141 Å². The molecule has 0 aromatic heterocycles. The van der Waals surface area contributed by atoms with Gasteiger partial charge in [-0.2, -0.15) is 0 Å². The van der Waals surface area contributed by atoms with Crippen molar-refractivity contribution >= 4 is 23.2 Å². The van der Waals surface area contributed by atoms with E-state index in [1.807, 2.05) is 0 Å². The lowest BCUT2D eigenvalue weighted by Crippen LogP contribution is -2.26. The molecule has 0 bridgehead atoms. The number of rotatable bonds is 6. The normalized spacial score (nSPS) is 9.89. The maximum Gasteiger partial charge on any atom is 0.292 e. The molecule has 0 heterocycles. The van der Waals surface area contributed by atoms with Gasteiger partial charge in [0.1, 0.15) is 5.69 Å². The molecule has 0 aliphatic carbocycles. The second kappa shape index (κ2) is 6.34. The molecule has 8 nitrogen and oxygen atoms in total. The third-order valence-electron chi connectivity index (χ3n) is 2.41. The number of nitrogens with two attached hydrogens (primary N) is 2. The third-order valence-corrected chi connectivity index (χ3v) is 2.41. The molecule has 0 aliphatic heterocycles. The maximum atomic E-state index is 11.8. The minimum atomic E-state index is -0.654. The van der Waals surface area contributed by atoms with Crippen LogP contribution in [0.2, 0.25) is 0 Å². The predicted octanol–water partition coefficient (Wildman–Crippen LogP) is 0.172. The van der Waals surface area contributed by atoms with Crippen molar-refractivity contribution in [2.75, 3.05) is 12.3 Å². The number of anilines is 1. The highest BCUT2D eigenvalue weighted by molar-refractivity contribution is 6.00. The molecule has 5 N–H and O–H groups in total. The quantitative estimate of drug-likeness (QED) is 0.291. The molecule has 8 heteroatoms. The number of primary amides is 1. The fraction of sp³-hybridized carbons (Fsp3) is 0.273. The Labute approximate surface area is 108 Å². The first-order chi connectivity index (χ1) is 8.93. The summed E-state index contributed by atoms with van der Waals surface area (Å²) in [5.41, 5.74) is 10.1. The highest BCUT2D eigenvalue weighted by Crippen LogP contribution is 2.24. The lowest BCUT2D eigenvalue weighted by Gasteiger charge is -2.07. The summed E-state index contributed by atoms with van der Waals surface area (Å²) < 4.78 is 0. The highest BCUT2D eigenvalue weighted by atomic mass is 16.6. The average Bonchev–Trinajstić information content (AvgIpc) is 2.34. The molecule has 1 rings (SSSR count). The van der Waals surface area contributed by atoms with Gasteiger partial charge in [-0.15, -0.1) is 0 Å². The molecule has 102 valence electrons. The number of nitro groups is 1. The van der Waals surface area contributed by atoms with Crippen LogP contribution in [0.4, 0.5) is 11.4 Å². The monoisotopic (exact) mass is 266 g/mol. The van der Waals surface area contributed by atoms with E-state index in [2.05, 4.69) is 5.32 Å². The Hall–Kier alpha value is -2.64. The number of para-hydroxylation sites is 1. The van der Waals surface area contributed by atoms with E-state index in [1.165, 1.54) is 18.2 Å². The minimum Gasteiger partial charge on any atom is -0.393 e. The zero-order chi connectivity index (χ0) is 14.4. The number of carbonyl (C=O) groups is 2. The number of nitrogens with zero attached hydrogens (tertiary/aromatic N) is 1. The summed E-state index contributed by atoms with van der Waals surface area (Å²) in [6, 6.07) is 4.00. The first kappa shape index (κ1) is 14.4. The molecule has 1 aromatic rings. The van der Waals surface area contributed by atoms with Crippen molar-refractivity contribution in [3.05, 3.63) is 33.9 Å². The van der Waals surface area contributed by atoms with E-state index in [9.17, 15) is 19.7 Å². The number of nitrogen functional groups attached to an aromatic ring is 1. The van der Waals surface area contributed by atoms with Gasteiger partial charge in [-0.1, -0.05) is 6.07 Å². The van der Waals surface area contributed by atoms with Gasteiger partial charge in [0.2, 0.25) is 5.91 Å². The van der Waals surface area contributed by atoms with E-state index in [1.54, 1.807) is 0 Å². The van der Waals surface area contributed by atoms with Gasteiger partial charge in [0.25, 0.3) is 11.6 Å². The molecule has 0 saturated heterocycles. The van der Waals surface area contributed by atoms with Crippen LogP contribution in [-0.4, -0.2) is 23.3 Å². The van der Waals surface area contributed by atoms with E-state index in [4.69, 9.17) is 11.5 Å². The predicted molar refractivity (Wildman–Crippen MR) is 68.3 cm³/mol. The summed E-state index contributed by atoms with van der Waals surface area (Å²) in [5.74, 6) is -0.977. The molecule has 2 amide bonds. The smallest absolute Gasteiger partial charge is 0.292 e. The Morgan fingerprint density at radius 3 is 2.63 bits per heavy atom. The van der Waals surface area contributed by atoms with Crippen LogP contribution >= 0.6 is 0 Å². The van der Waals surface area contributed by atoms with Crippen molar-refractivity contribution in [1.29, 1.82) is 0 Å². The summed E-state index contributed by atoms with van der Waals surface area (Å²) in [4.78, 5) is 32.3. The Kier molecular flexibility index (Phi) is 4.81. The zero-order valence-corrected chi connectivity index (χ0v) is 10.1. The van der Waals surface area contributed by atoms with Crippen LogP contribution in [0.5, 0.6) is 0 Å². The molecule has 0 saturated carbocycles. The molecule has 0 radical (unpaired) electrons. The second-order valence-electron chi connectivity index (χ2n) is 3.82. The lowest BCUT2D eigenvalue weighted by atomic mass is 10.1. The van der Waals surface area contributed by atoms with Gasteiger partial charge in [-0.3, -0.25) is 19.7 Å². The lowest BCUT2D eigenvalue weighted by molar-refractivity contribution is -0.383. The van der Waals surface area contributed by atoms with E-state index in [0.29, 0.717) is 6.42 Å². The standard InChI is InChI=1S/C11H14N4O4/c12-9(16)5-2-6-14-11(17)7-3-1-4-8(10(7)13)15(18)19/h1,3-4H,2,5-6,13H2,(H2,12,16)(H,14,17). The molecule has 0 unspecified atom stereocenters. The van der Waals surface area contributed by atoms with Crippen molar-refractivity contribution in [1.82, 2.24) is 5.32 Å². The van der Waals surface area contributed by atoms with Gasteiger partial charge < -0.3 is 16.8 Å². The number of benzene rings is 1. The van der Waals surface area contributed by atoms with Gasteiger partial charge in [0.15, 0.2) is 0 Å². The van der Waals surface area contributed by atoms with E-state index in [-0.39, 0.29) is 29.9 Å². The third kappa shape index (κ3) is 3.95. The van der Waals surface area contributed by atoms with Crippen molar-refractivity contribution in [3.8, 4) is 0 Å². The maximum absolute atomic E-state index is 11.8. The van der Waals surface area contributed by atoms with E-state index >= 15 is 0 Å². The summed E-state index contributed by atoms with van der Waals surface area (Å²) >= 11 is 0. The Bertz CT molecular complexity index is 515. The van der Waals surface area contributed by atoms with Crippen LogP contribution in [0.25, 0.3) is 0 Å². The zero-order valence-electron chi connectivity index (χ0n) is 10.1. The number of hydrogen-bond donors (Lipinski definition) is 3. The summed E-state index contributed by atoms with van der Waals surface area (Å²) in [5, 5.41) is 13.2. The second-order valence-corrected chi connectivity index (χ2v) is 3.82. The Balaban J connectivity index is 2.70. The summed E-state index contributed by atoms with van der Waals surface area (Å²) in [6.07, 6.45) is 0.556. The molecule has 0 spiro atoms. The van der Waals surface area contributed by atoms with Crippen LogP contribution in [0, 0.1) is 10.1 Å². The van der Waals surface area contributed by atoms with Crippen molar-refractivity contribution in [3.63, 3.8) is 0 Å². The van der Waals surface area contributed by atoms with Crippen LogP contribution in [0.1, 0.15) is 23.2 Å². The van der Waals surface area contributed by atoms with Crippen molar-refractivity contribution in [2.24, 2.45) is 5.73 Å². The van der Waals surface area contributed by atoms with Crippen LogP contribution in [-0.2, 0) is 4.79 Å². The van der Waals surface area contributed by atoms with Crippen LogP contribution in [0.3, 0.4) is 0 Å².